The zero-order valence-corrected chi connectivity index (χ0v) is 14.0. The van der Waals surface area contributed by atoms with Crippen LogP contribution in [0.15, 0.2) is 42.7 Å². The number of aromatic nitrogens is 2. The molecule has 0 bridgehead atoms. The average molecular weight is 291 g/mol. The van der Waals surface area contributed by atoms with Gasteiger partial charge in [-0.2, -0.15) is 0 Å². The van der Waals surface area contributed by atoms with Gasteiger partial charge in [-0.05, 0) is 54.1 Å². The van der Waals surface area contributed by atoms with Gasteiger partial charge >= 0.3 is 0 Å². The first-order chi connectivity index (χ1) is 10.5. The molecule has 3 rings (SSSR count). The minimum absolute atomic E-state index is 0.518. The second-order valence-electron chi connectivity index (χ2n) is 6.45. The summed E-state index contributed by atoms with van der Waals surface area (Å²) in [7, 11) is 2.07. The first-order valence-corrected chi connectivity index (χ1v) is 7.83. The summed E-state index contributed by atoms with van der Waals surface area (Å²) < 4.78 is 2.12. The maximum absolute atomic E-state index is 4.63. The highest BCUT2D eigenvalue weighted by Crippen LogP contribution is 2.29. The lowest BCUT2D eigenvalue weighted by atomic mass is 9.96. The van der Waals surface area contributed by atoms with Crippen LogP contribution in [0, 0.1) is 13.8 Å². The molecule has 2 nitrogen and oxygen atoms in total. The van der Waals surface area contributed by atoms with Crippen LogP contribution in [-0.2, 0) is 7.05 Å². The van der Waals surface area contributed by atoms with Crippen LogP contribution < -0.4 is 4.57 Å². The standard InChI is InChI=1S/C20H23N2/c1-13(2)16-8-9-17-19(11-16)21-12-22(5)20(17)18-10-14(3)6-7-15(18)4/h6-13H,1-5H3/q+1. The van der Waals surface area contributed by atoms with E-state index in [0.29, 0.717) is 5.92 Å². The monoisotopic (exact) mass is 291 g/mol. The number of nitrogens with zero attached hydrogens (tertiary/aromatic N) is 2. The molecule has 0 aliphatic rings. The molecule has 3 aromatic rings. The molecule has 0 unspecified atom stereocenters. The summed E-state index contributed by atoms with van der Waals surface area (Å²) >= 11 is 0. The highest BCUT2D eigenvalue weighted by atomic mass is 15.0. The third-order valence-corrected chi connectivity index (χ3v) is 4.31. The van der Waals surface area contributed by atoms with E-state index in [4.69, 9.17) is 0 Å². The van der Waals surface area contributed by atoms with Crippen molar-refractivity contribution in [2.75, 3.05) is 0 Å². The van der Waals surface area contributed by atoms with Gasteiger partial charge in [-0.15, -0.1) is 0 Å². The fourth-order valence-electron chi connectivity index (χ4n) is 2.94. The summed E-state index contributed by atoms with van der Waals surface area (Å²) in [4.78, 5) is 4.63. The van der Waals surface area contributed by atoms with Gasteiger partial charge in [0.05, 0.1) is 12.4 Å². The van der Waals surface area contributed by atoms with Crippen molar-refractivity contribution < 1.29 is 4.57 Å². The van der Waals surface area contributed by atoms with Gasteiger partial charge in [0, 0.05) is 5.56 Å². The molecule has 0 aliphatic carbocycles. The van der Waals surface area contributed by atoms with Crippen molar-refractivity contribution in [3.63, 3.8) is 0 Å². The highest BCUT2D eigenvalue weighted by molar-refractivity contribution is 5.91. The molecular weight excluding hydrogens is 268 g/mol. The van der Waals surface area contributed by atoms with Crippen molar-refractivity contribution in [2.24, 2.45) is 7.05 Å². The van der Waals surface area contributed by atoms with Crippen LogP contribution in [0.1, 0.15) is 36.5 Å². The summed E-state index contributed by atoms with van der Waals surface area (Å²) in [5.74, 6) is 0.518. The Morgan fingerprint density at radius 2 is 1.77 bits per heavy atom. The molecule has 0 fully saturated rings. The van der Waals surface area contributed by atoms with E-state index >= 15 is 0 Å². The number of rotatable bonds is 2. The molecule has 0 spiro atoms. The molecule has 2 heteroatoms. The largest absolute Gasteiger partial charge is 0.287 e. The normalized spacial score (nSPS) is 11.4. The molecule has 112 valence electrons. The van der Waals surface area contributed by atoms with Crippen LogP contribution in [0.3, 0.4) is 0 Å². The summed E-state index contributed by atoms with van der Waals surface area (Å²) in [6.07, 6.45) is 1.92. The Bertz CT molecular complexity index is 848. The highest BCUT2D eigenvalue weighted by Gasteiger charge is 2.17. The lowest BCUT2D eigenvalue weighted by Crippen LogP contribution is -2.31. The molecule has 1 heterocycles. The number of hydrogen-bond acceptors (Lipinski definition) is 1. The predicted octanol–water partition coefficient (Wildman–Crippen LogP) is 4.47. The van der Waals surface area contributed by atoms with Crippen LogP contribution in [-0.4, -0.2) is 4.98 Å². The van der Waals surface area contributed by atoms with Crippen molar-refractivity contribution >= 4 is 10.9 Å². The first kappa shape index (κ1) is 14.7. The van der Waals surface area contributed by atoms with Crippen molar-refractivity contribution in [1.82, 2.24) is 4.98 Å². The van der Waals surface area contributed by atoms with Gasteiger partial charge < -0.3 is 0 Å². The van der Waals surface area contributed by atoms with Gasteiger partial charge in [0.15, 0.2) is 5.52 Å². The SMILES string of the molecule is Cc1ccc(C)c(-c2c3ccc(C(C)C)cc3nc[n+]2C)c1. The zero-order valence-electron chi connectivity index (χ0n) is 14.0. The van der Waals surface area contributed by atoms with E-state index in [-0.39, 0.29) is 0 Å². The lowest BCUT2D eigenvalue weighted by molar-refractivity contribution is -0.662. The zero-order chi connectivity index (χ0) is 15.9. The number of fused-ring (bicyclic) bond motifs is 1. The first-order valence-electron chi connectivity index (χ1n) is 7.83. The predicted molar refractivity (Wildman–Crippen MR) is 91.9 cm³/mol. The quantitative estimate of drug-likeness (QED) is 0.637. The Labute approximate surface area is 132 Å². The summed E-state index contributed by atoms with van der Waals surface area (Å²) in [5, 5.41) is 1.21. The molecule has 0 aliphatic heterocycles. The number of benzene rings is 2. The van der Waals surface area contributed by atoms with Crippen molar-refractivity contribution in [3.05, 3.63) is 59.4 Å². The van der Waals surface area contributed by atoms with Crippen LogP contribution in [0.5, 0.6) is 0 Å². The topological polar surface area (TPSA) is 16.8 Å². The molecule has 22 heavy (non-hydrogen) atoms. The van der Waals surface area contributed by atoms with Crippen LogP contribution >= 0.6 is 0 Å². The summed E-state index contributed by atoms with van der Waals surface area (Å²) in [6.45, 7) is 8.75. The fraction of sp³-hybridized carbons (Fsp3) is 0.300. The maximum atomic E-state index is 4.63. The Hall–Kier alpha value is -2.22. The van der Waals surface area contributed by atoms with Gasteiger partial charge in [-0.3, -0.25) is 0 Å². The smallest absolute Gasteiger partial charge is 0.232 e. The Kier molecular flexibility index (Phi) is 3.69. The van der Waals surface area contributed by atoms with Crippen LogP contribution in [0.25, 0.3) is 22.2 Å². The maximum Gasteiger partial charge on any atom is 0.287 e. The number of hydrogen-bond donors (Lipinski definition) is 0. The lowest BCUT2D eigenvalue weighted by Gasteiger charge is -2.11. The van der Waals surface area contributed by atoms with E-state index in [9.17, 15) is 0 Å². The third kappa shape index (κ3) is 2.50. The van der Waals surface area contributed by atoms with E-state index < -0.39 is 0 Å². The number of aryl methyl sites for hydroxylation is 3. The van der Waals surface area contributed by atoms with Gasteiger partial charge in [0.25, 0.3) is 6.33 Å². The molecule has 0 saturated carbocycles. The Morgan fingerprint density at radius 1 is 1.00 bits per heavy atom. The Balaban J connectivity index is 2.33. The second-order valence-corrected chi connectivity index (χ2v) is 6.45. The van der Waals surface area contributed by atoms with Gasteiger partial charge in [-0.1, -0.05) is 37.6 Å². The molecule has 0 N–H and O–H groups in total. The molecule has 0 atom stereocenters. The van der Waals surface area contributed by atoms with Crippen molar-refractivity contribution in [1.29, 1.82) is 0 Å². The van der Waals surface area contributed by atoms with E-state index in [1.807, 2.05) is 6.33 Å². The molecule has 0 saturated heterocycles. The second kappa shape index (κ2) is 5.53. The van der Waals surface area contributed by atoms with Gasteiger partial charge in [0.1, 0.15) is 5.69 Å². The van der Waals surface area contributed by atoms with E-state index in [1.54, 1.807) is 0 Å². The van der Waals surface area contributed by atoms with E-state index in [1.165, 1.54) is 33.3 Å². The Morgan fingerprint density at radius 3 is 2.50 bits per heavy atom. The van der Waals surface area contributed by atoms with Crippen molar-refractivity contribution in [2.45, 2.75) is 33.6 Å². The average Bonchev–Trinajstić information content (AvgIpc) is 2.49. The van der Waals surface area contributed by atoms with Crippen molar-refractivity contribution in [3.8, 4) is 11.3 Å². The molecule has 2 aromatic carbocycles. The molecule has 0 amide bonds. The minimum atomic E-state index is 0.518. The molecule has 1 aromatic heterocycles. The minimum Gasteiger partial charge on any atom is -0.232 e. The van der Waals surface area contributed by atoms with Gasteiger partial charge in [0.2, 0.25) is 0 Å². The van der Waals surface area contributed by atoms with Crippen LogP contribution in [0.4, 0.5) is 0 Å². The van der Waals surface area contributed by atoms with Crippen LogP contribution in [0.2, 0.25) is 0 Å². The third-order valence-electron chi connectivity index (χ3n) is 4.31. The summed E-state index contributed by atoms with van der Waals surface area (Å²) in [6, 6.07) is 13.3. The molecular formula is C20H23N2+. The summed E-state index contributed by atoms with van der Waals surface area (Å²) in [5.41, 5.74) is 7.50. The van der Waals surface area contributed by atoms with E-state index in [2.05, 4.69) is 80.7 Å². The van der Waals surface area contributed by atoms with Gasteiger partial charge in [-0.25, -0.2) is 4.57 Å². The molecule has 0 radical (unpaired) electrons. The fourth-order valence-corrected chi connectivity index (χ4v) is 2.94. The van der Waals surface area contributed by atoms with E-state index in [0.717, 1.165) is 5.52 Å².